The molecule has 2 rings (SSSR count). The Hall–Kier alpha value is -1.30. The largest absolute Gasteiger partial charge is 0.355 e. The lowest BCUT2D eigenvalue weighted by molar-refractivity contribution is -0.120. The van der Waals surface area contributed by atoms with Crippen molar-refractivity contribution < 1.29 is 9.59 Å². The zero-order valence-electron chi connectivity index (χ0n) is 11.7. The van der Waals surface area contributed by atoms with Gasteiger partial charge in [0, 0.05) is 18.8 Å². The number of carbonyl (C=O) groups is 2. The van der Waals surface area contributed by atoms with Crippen molar-refractivity contribution >= 4 is 41.5 Å². The monoisotopic (exact) mass is 331 g/mol. The number of hydrogen-bond donors (Lipinski definition) is 3. The highest BCUT2D eigenvalue weighted by molar-refractivity contribution is 6.34. The molecule has 0 aromatic heterocycles. The number of anilines is 1. The van der Waals surface area contributed by atoms with Gasteiger partial charge in [-0.05, 0) is 31.0 Å². The molecule has 0 heterocycles. The van der Waals surface area contributed by atoms with Crippen LogP contribution in [0.2, 0.25) is 5.02 Å². The minimum atomic E-state index is -0.288. The van der Waals surface area contributed by atoms with Crippen molar-refractivity contribution in [2.75, 3.05) is 12.4 Å². The molecule has 1 fully saturated rings. The number of nitrogens with two attached hydrogens (primary N) is 1. The standard InChI is InChI=1S/C14H18ClN3O2.ClH/c1-17-13(19)10-7-8(5-6-11(10)15)18-14(20)9-3-2-4-12(9)16;/h5-7,9,12H,2-4,16H2,1H3,(H,17,19)(H,18,20);1H. The number of amides is 2. The molecule has 1 aliphatic carbocycles. The van der Waals surface area contributed by atoms with E-state index >= 15 is 0 Å². The maximum absolute atomic E-state index is 12.1. The van der Waals surface area contributed by atoms with Crippen molar-refractivity contribution in [1.82, 2.24) is 5.32 Å². The van der Waals surface area contributed by atoms with E-state index in [0.29, 0.717) is 16.3 Å². The smallest absolute Gasteiger partial charge is 0.252 e. The topological polar surface area (TPSA) is 84.2 Å². The molecule has 2 amide bonds. The van der Waals surface area contributed by atoms with Crippen LogP contribution in [0.3, 0.4) is 0 Å². The predicted octanol–water partition coefficient (Wildman–Crippen LogP) is 2.19. The Morgan fingerprint density at radius 1 is 1.33 bits per heavy atom. The lowest BCUT2D eigenvalue weighted by Crippen LogP contribution is -2.34. The van der Waals surface area contributed by atoms with Crippen molar-refractivity contribution in [3.05, 3.63) is 28.8 Å². The van der Waals surface area contributed by atoms with E-state index in [2.05, 4.69) is 10.6 Å². The molecule has 2 atom stereocenters. The summed E-state index contributed by atoms with van der Waals surface area (Å²) in [5.41, 5.74) is 6.80. The van der Waals surface area contributed by atoms with Gasteiger partial charge in [-0.15, -0.1) is 12.4 Å². The average molecular weight is 332 g/mol. The number of nitrogens with one attached hydrogen (secondary N) is 2. The Bertz CT molecular complexity index is 537. The third-order valence-electron chi connectivity index (χ3n) is 3.61. The summed E-state index contributed by atoms with van der Waals surface area (Å²) in [4.78, 5) is 23.8. The molecule has 2 unspecified atom stereocenters. The van der Waals surface area contributed by atoms with Crippen LogP contribution in [0.4, 0.5) is 5.69 Å². The van der Waals surface area contributed by atoms with E-state index in [1.54, 1.807) is 18.2 Å². The minimum Gasteiger partial charge on any atom is -0.355 e. The zero-order chi connectivity index (χ0) is 14.7. The van der Waals surface area contributed by atoms with Gasteiger partial charge in [-0.25, -0.2) is 0 Å². The third kappa shape index (κ3) is 4.09. The van der Waals surface area contributed by atoms with Crippen LogP contribution >= 0.6 is 24.0 Å². The van der Waals surface area contributed by atoms with Crippen LogP contribution in [-0.4, -0.2) is 24.9 Å². The summed E-state index contributed by atoms with van der Waals surface area (Å²) in [7, 11) is 1.53. The van der Waals surface area contributed by atoms with Crippen LogP contribution in [-0.2, 0) is 4.79 Å². The summed E-state index contributed by atoms with van der Waals surface area (Å²) < 4.78 is 0. The normalized spacial score (nSPS) is 20.5. The lowest BCUT2D eigenvalue weighted by Gasteiger charge is -2.15. The van der Waals surface area contributed by atoms with Crippen molar-refractivity contribution in [2.45, 2.75) is 25.3 Å². The van der Waals surface area contributed by atoms with Gasteiger partial charge in [0.2, 0.25) is 5.91 Å². The van der Waals surface area contributed by atoms with Gasteiger partial charge in [-0.1, -0.05) is 18.0 Å². The van der Waals surface area contributed by atoms with Gasteiger partial charge in [0.1, 0.15) is 0 Å². The maximum Gasteiger partial charge on any atom is 0.252 e. The van der Waals surface area contributed by atoms with E-state index in [-0.39, 0.29) is 36.2 Å². The molecule has 7 heteroatoms. The van der Waals surface area contributed by atoms with E-state index in [9.17, 15) is 9.59 Å². The van der Waals surface area contributed by atoms with Gasteiger partial charge in [0.15, 0.2) is 0 Å². The molecular formula is C14H19Cl2N3O2. The van der Waals surface area contributed by atoms with Gasteiger partial charge >= 0.3 is 0 Å². The molecule has 1 aliphatic rings. The molecule has 21 heavy (non-hydrogen) atoms. The summed E-state index contributed by atoms with van der Waals surface area (Å²) in [5, 5.41) is 5.66. The van der Waals surface area contributed by atoms with Crippen molar-refractivity contribution in [3.63, 3.8) is 0 Å². The van der Waals surface area contributed by atoms with E-state index in [1.165, 1.54) is 7.05 Å². The summed E-state index contributed by atoms with van der Waals surface area (Å²) >= 11 is 5.96. The van der Waals surface area contributed by atoms with Crippen molar-refractivity contribution in [1.29, 1.82) is 0 Å². The average Bonchev–Trinajstić information content (AvgIpc) is 2.86. The fourth-order valence-corrected chi connectivity index (χ4v) is 2.66. The number of halogens is 2. The Morgan fingerprint density at radius 2 is 2.05 bits per heavy atom. The van der Waals surface area contributed by atoms with Gasteiger partial charge in [0.25, 0.3) is 5.91 Å². The van der Waals surface area contributed by atoms with Crippen LogP contribution in [0.5, 0.6) is 0 Å². The molecule has 0 aliphatic heterocycles. The lowest BCUT2D eigenvalue weighted by atomic mass is 10.0. The van der Waals surface area contributed by atoms with E-state index in [0.717, 1.165) is 19.3 Å². The summed E-state index contributed by atoms with van der Waals surface area (Å²) in [5.74, 6) is -0.544. The van der Waals surface area contributed by atoms with Gasteiger partial charge < -0.3 is 16.4 Å². The van der Waals surface area contributed by atoms with Crippen LogP contribution in [0, 0.1) is 5.92 Å². The van der Waals surface area contributed by atoms with Gasteiger partial charge in [-0.2, -0.15) is 0 Å². The highest BCUT2D eigenvalue weighted by Gasteiger charge is 2.30. The number of hydrogen-bond acceptors (Lipinski definition) is 3. The second kappa shape index (κ2) is 7.64. The maximum atomic E-state index is 12.1. The summed E-state index contributed by atoms with van der Waals surface area (Å²) in [6.45, 7) is 0. The first-order valence-electron chi connectivity index (χ1n) is 6.61. The highest BCUT2D eigenvalue weighted by atomic mass is 35.5. The molecule has 4 N–H and O–H groups in total. The van der Waals surface area contributed by atoms with Crippen molar-refractivity contribution in [2.24, 2.45) is 11.7 Å². The first-order chi connectivity index (χ1) is 9.52. The number of rotatable bonds is 3. The Kier molecular flexibility index (Phi) is 6.45. The second-order valence-corrected chi connectivity index (χ2v) is 5.37. The molecule has 1 saturated carbocycles. The van der Waals surface area contributed by atoms with Gasteiger partial charge in [0.05, 0.1) is 16.5 Å². The van der Waals surface area contributed by atoms with Crippen LogP contribution in [0.25, 0.3) is 0 Å². The second-order valence-electron chi connectivity index (χ2n) is 4.96. The number of benzene rings is 1. The van der Waals surface area contributed by atoms with Crippen molar-refractivity contribution in [3.8, 4) is 0 Å². The molecular weight excluding hydrogens is 313 g/mol. The fourth-order valence-electron chi connectivity index (χ4n) is 2.46. The van der Waals surface area contributed by atoms with Crippen LogP contribution in [0.1, 0.15) is 29.6 Å². The third-order valence-corrected chi connectivity index (χ3v) is 3.94. The highest BCUT2D eigenvalue weighted by Crippen LogP contribution is 2.26. The molecule has 0 bridgehead atoms. The summed E-state index contributed by atoms with van der Waals surface area (Å²) in [6, 6.07) is 4.75. The van der Waals surface area contributed by atoms with Crippen LogP contribution in [0.15, 0.2) is 18.2 Å². The zero-order valence-corrected chi connectivity index (χ0v) is 13.3. The molecule has 1 aromatic carbocycles. The molecule has 0 radical (unpaired) electrons. The molecule has 0 spiro atoms. The Morgan fingerprint density at radius 3 is 2.62 bits per heavy atom. The molecule has 0 saturated heterocycles. The van der Waals surface area contributed by atoms with E-state index in [4.69, 9.17) is 17.3 Å². The first-order valence-corrected chi connectivity index (χ1v) is 6.99. The quantitative estimate of drug-likeness (QED) is 0.793. The van der Waals surface area contributed by atoms with E-state index < -0.39 is 0 Å². The van der Waals surface area contributed by atoms with Gasteiger partial charge in [-0.3, -0.25) is 9.59 Å². The Labute approximate surface area is 135 Å². The fraction of sp³-hybridized carbons (Fsp3) is 0.429. The number of carbonyl (C=O) groups excluding carboxylic acids is 2. The van der Waals surface area contributed by atoms with Crippen LogP contribution < -0.4 is 16.4 Å². The minimum absolute atomic E-state index is 0. The first kappa shape index (κ1) is 17.8. The molecule has 5 nitrogen and oxygen atoms in total. The SMILES string of the molecule is CNC(=O)c1cc(NC(=O)C2CCCC2N)ccc1Cl.Cl. The van der Waals surface area contributed by atoms with E-state index in [1.807, 2.05) is 0 Å². The predicted molar refractivity (Wildman–Crippen MR) is 86.0 cm³/mol. The Balaban J connectivity index is 0.00000220. The molecule has 1 aromatic rings. The molecule has 116 valence electrons. The summed E-state index contributed by atoms with van der Waals surface area (Å²) in [6.07, 6.45) is 2.66.